The molecule has 0 atom stereocenters. The summed E-state index contributed by atoms with van der Waals surface area (Å²) in [7, 11) is 0. The van der Waals surface area contributed by atoms with Crippen molar-refractivity contribution in [2.24, 2.45) is 0 Å². The number of thiophene rings is 1. The summed E-state index contributed by atoms with van der Waals surface area (Å²) in [5, 5.41) is 23.2. The van der Waals surface area contributed by atoms with Crippen LogP contribution in [0.2, 0.25) is 5.02 Å². The number of nitriles is 1. The van der Waals surface area contributed by atoms with E-state index in [9.17, 15) is 10.1 Å². The number of carbonyl (C=O) groups excluding carboxylic acids is 1. The van der Waals surface area contributed by atoms with Crippen LogP contribution in [0.15, 0.2) is 29.9 Å². The van der Waals surface area contributed by atoms with E-state index in [1.165, 1.54) is 34.4 Å². The quantitative estimate of drug-likeness (QED) is 0.196. The van der Waals surface area contributed by atoms with Crippen LogP contribution >= 0.6 is 34.7 Å². The lowest BCUT2D eigenvalue weighted by Crippen LogP contribution is -2.15. The van der Waals surface area contributed by atoms with Gasteiger partial charge in [0.05, 0.1) is 11.3 Å². The summed E-state index contributed by atoms with van der Waals surface area (Å²) in [5.41, 5.74) is 3.63. The van der Waals surface area contributed by atoms with Gasteiger partial charge < -0.3 is 10.1 Å². The number of rotatable bonds is 9. The smallest absolute Gasteiger partial charge is 0.235 e. The van der Waals surface area contributed by atoms with Gasteiger partial charge in [-0.15, -0.1) is 28.1 Å². The van der Waals surface area contributed by atoms with E-state index in [2.05, 4.69) is 28.2 Å². The number of hydrogen-bond acceptors (Lipinski definition) is 7. The molecule has 1 amide bonds. The maximum absolute atomic E-state index is 12.8. The lowest BCUT2D eigenvalue weighted by molar-refractivity contribution is -0.113. The van der Waals surface area contributed by atoms with Crippen LogP contribution in [0.3, 0.4) is 0 Å². The van der Waals surface area contributed by atoms with E-state index in [-0.39, 0.29) is 18.3 Å². The summed E-state index contributed by atoms with van der Waals surface area (Å²) in [6.45, 7) is 8.42. The van der Waals surface area contributed by atoms with Crippen molar-refractivity contribution in [3.63, 3.8) is 0 Å². The van der Waals surface area contributed by atoms with Gasteiger partial charge in [-0.2, -0.15) is 5.26 Å². The Hall–Kier alpha value is -2.80. The van der Waals surface area contributed by atoms with E-state index < -0.39 is 0 Å². The van der Waals surface area contributed by atoms with Gasteiger partial charge in [0.25, 0.3) is 0 Å². The number of nitrogens with zero attached hydrogens (tertiary/aromatic N) is 4. The predicted molar refractivity (Wildman–Crippen MR) is 145 cm³/mol. The monoisotopic (exact) mass is 541 g/mol. The van der Waals surface area contributed by atoms with E-state index >= 15 is 0 Å². The Morgan fingerprint density at radius 1 is 1.31 bits per heavy atom. The van der Waals surface area contributed by atoms with Crippen molar-refractivity contribution in [1.29, 1.82) is 5.26 Å². The van der Waals surface area contributed by atoms with Crippen LogP contribution in [0.4, 0.5) is 5.00 Å². The third-order valence-electron chi connectivity index (χ3n) is 6.00. The van der Waals surface area contributed by atoms with Crippen LogP contribution in [0.25, 0.3) is 0 Å². The van der Waals surface area contributed by atoms with E-state index in [1.54, 1.807) is 6.08 Å². The van der Waals surface area contributed by atoms with Crippen molar-refractivity contribution in [3.8, 4) is 11.8 Å². The lowest BCUT2D eigenvalue weighted by Gasteiger charge is -2.11. The Morgan fingerprint density at radius 3 is 2.78 bits per heavy atom. The van der Waals surface area contributed by atoms with E-state index in [4.69, 9.17) is 16.3 Å². The summed E-state index contributed by atoms with van der Waals surface area (Å²) >= 11 is 9.09. The van der Waals surface area contributed by atoms with Crippen LogP contribution in [0.1, 0.15) is 52.2 Å². The molecule has 1 aromatic carbocycles. The zero-order valence-corrected chi connectivity index (χ0v) is 22.8. The first-order chi connectivity index (χ1) is 17.4. The fourth-order valence-electron chi connectivity index (χ4n) is 4.22. The minimum absolute atomic E-state index is 0.152. The summed E-state index contributed by atoms with van der Waals surface area (Å²) in [4.78, 5) is 14.0. The average Bonchev–Trinajstić information content (AvgIpc) is 3.30. The molecule has 188 valence electrons. The molecule has 4 rings (SSSR count). The van der Waals surface area contributed by atoms with Crippen molar-refractivity contribution >= 4 is 45.6 Å². The maximum Gasteiger partial charge on any atom is 0.235 e. The van der Waals surface area contributed by atoms with Crippen molar-refractivity contribution in [3.05, 3.63) is 62.8 Å². The van der Waals surface area contributed by atoms with Crippen LogP contribution in [-0.4, -0.2) is 26.4 Å². The third kappa shape index (κ3) is 5.94. The second kappa shape index (κ2) is 12.0. The molecule has 2 heterocycles. The van der Waals surface area contributed by atoms with Gasteiger partial charge in [0.1, 0.15) is 23.4 Å². The van der Waals surface area contributed by atoms with Gasteiger partial charge in [-0.05, 0) is 68.4 Å². The number of fused-ring (bicyclic) bond motifs is 1. The second-order valence-electron chi connectivity index (χ2n) is 8.68. The lowest BCUT2D eigenvalue weighted by atomic mass is 10.1. The van der Waals surface area contributed by atoms with Crippen molar-refractivity contribution < 1.29 is 9.53 Å². The zero-order chi connectivity index (χ0) is 25.7. The van der Waals surface area contributed by atoms with Crippen molar-refractivity contribution in [2.75, 3.05) is 11.1 Å². The number of allylic oxidation sites excluding steroid dienone is 1. The highest BCUT2D eigenvalue weighted by Crippen LogP contribution is 2.37. The van der Waals surface area contributed by atoms with Crippen LogP contribution in [0.5, 0.6) is 5.75 Å². The van der Waals surface area contributed by atoms with E-state index in [0.29, 0.717) is 33.8 Å². The number of nitrogens with one attached hydrogen (secondary N) is 1. The minimum Gasteiger partial charge on any atom is -0.486 e. The largest absolute Gasteiger partial charge is 0.486 e. The molecule has 10 heteroatoms. The molecule has 0 saturated carbocycles. The van der Waals surface area contributed by atoms with Crippen molar-refractivity contribution in [1.82, 2.24) is 14.8 Å². The molecule has 2 aromatic heterocycles. The average molecular weight is 542 g/mol. The fraction of sp³-hybridized carbons (Fsp3) is 0.385. The number of benzene rings is 1. The normalized spacial score (nSPS) is 12.9. The molecule has 7 nitrogen and oxygen atoms in total. The standard InChI is InChI=1S/C26H28ClN5O2S2/c1-4-10-32-22(14-34-18-11-16(2)24(27)17(3)12-18)30-31-26(32)35-15-23(33)29-25-20(13-28)19-8-6-5-7-9-21(19)36-25/h4,11-12H,1,5-10,14-15H2,2-3H3,(H,29,33). The first-order valence-corrected chi connectivity index (χ1v) is 14.0. The molecular weight excluding hydrogens is 514 g/mol. The van der Waals surface area contributed by atoms with Crippen molar-refractivity contribution in [2.45, 2.75) is 64.3 Å². The van der Waals surface area contributed by atoms with Gasteiger partial charge in [-0.3, -0.25) is 9.36 Å². The SMILES string of the molecule is C=CCn1c(COc2cc(C)c(Cl)c(C)c2)nnc1SCC(=O)Nc1sc2c(c1C#N)CCCCC2. The van der Waals surface area contributed by atoms with Gasteiger partial charge in [0, 0.05) is 16.4 Å². The highest BCUT2D eigenvalue weighted by Gasteiger charge is 2.21. The van der Waals surface area contributed by atoms with Gasteiger partial charge >= 0.3 is 0 Å². The summed E-state index contributed by atoms with van der Waals surface area (Å²) < 4.78 is 7.84. The topological polar surface area (TPSA) is 92.8 Å². The number of anilines is 1. The molecule has 0 fully saturated rings. The van der Waals surface area contributed by atoms with Gasteiger partial charge in [-0.1, -0.05) is 35.9 Å². The number of halogens is 1. The molecule has 0 radical (unpaired) electrons. The molecule has 3 aromatic rings. The number of carbonyl (C=O) groups is 1. The predicted octanol–water partition coefficient (Wildman–Crippen LogP) is 6.25. The Bertz CT molecular complexity index is 1300. The van der Waals surface area contributed by atoms with Crippen LogP contribution < -0.4 is 10.1 Å². The summed E-state index contributed by atoms with van der Waals surface area (Å²) in [5.74, 6) is 1.32. The molecule has 0 spiro atoms. The Labute approximate surface area is 224 Å². The Morgan fingerprint density at radius 2 is 2.06 bits per heavy atom. The highest BCUT2D eigenvalue weighted by molar-refractivity contribution is 7.99. The number of aromatic nitrogens is 3. The first-order valence-electron chi connectivity index (χ1n) is 11.8. The highest BCUT2D eigenvalue weighted by atomic mass is 35.5. The molecule has 36 heavy (non-hydrogen) atoms. The fourth-order valence-corrected chi connectivity index (χ4v) is 6.36. The molecule has 0 unspecified atom stereocenters. The Kier molecular flexibility index (Phi) is 8.72. The number of amides is 1. The van der Waals surface area contributed by atoms with E-state index in [0.717, 1.165) is 47.4 Å². The molecule has 0 bridgehead atoms. The first kappa shape index (κ1) is 26.3. The molecule has 1 aliphatic rings. The molecule has 0 aliphatic heterocycles. The number of hydrogen-bond donors (Lipinski definition) is 1. The Balaban J connectivity index is 1.41. The van der Waals surface area contributed by atoms with Gasteiger partial charge in [0.2, 0.25) is 5.91 Å². The van der Waals surface area contributed by atoms with E-state index in [1.807, 2.05) is 30.5 Å². The van der Waals surface area contributed by atoms with Crippen LogP contribution in [-0.2, 0) is 30.8 Å². The molecule has 1 N–H and O–H groups in total. The third-order valence-corrected chi connectivity index (χ3v) is 8.77. The summed E-state index contributed by atoms with van der Waals surface area (Å²) in [6.07, 6.45) is 7.04. The number of thioether (sulfide) groups is 1. The number of ether oxygens (including phenoxy) is 1. The molecule has 1 aliphatic carbocycles. The molecular formula is C26H28ClN5O2S2. The zero-order valence-electron chi connectivity index (χ0n) is 20.4. The van der Waals surface area contributed by atoms with Crippen LogP contribution in [0, 0.1) is 25.2 Å². The summed E-state index contributed by atoms with van der Waals surface area (Å²) in [6, 6.07) is 6.09. The van der Waals surface area contributed by atoms with Gasteiger partial charge in [-0.25, -0.2) is 0 Å². The second-order valence-corrected chi connectivity index (χ2v) is 11.1. The molecule has 0 saturated heterocycles. The maximum atomic E-state index is 12.8. The number of aryl methyl sites for hydroxylation is 3. The van der Waals surface area contributed by atoms with Gasteiger partial charge in [0.15, 0.2) is 11.0 Å². The minimum atomic E-state index is -0.175.